The van der Waals surface area contributed by atoms with Gasteiger partial charge in [0.15, 0.2) is 0 Å². The predicted molar refractivity (Wildman–Crippen MR) is 85.5 cm³/mol. The van der Waals surface area contributed by atoms with Crippen LogP contribution in [-0.4, -0.2) is 25.2 Å². The van der Waals surface area contributed by atoms with Crippen LogP contribution in [0.25, 0.3) is 0 Å². The zero-order valence-electron chi connectivity index (χ0n) is 11.7. The second-order valence-electron chi connectivity index (χ2n) is 4.18. The van der Waals surface area contributed by atoms with Crippen molar-refractivity contribution < 1.29 is 9.09 Å². The van der Waals surface area contributed by atoms with E-state index in [4.69, 9.17) is 4.52 Å². The van der Waals surface area contributed by atoms with Crippen LogP contribution in [0.2, 0.25) is 0 Å². The van der Waals surface area contributed by atoms with Crippen molar-refractivity contribution in [2.24, 2.45) is 10.9 Å². The highest BCUT2D eigenvalue weighted by Gasteiger charge is 2.22. The Kier molecular flexibility index (Phi) is 11.4. The molecule has 1 N–H and O–H groups in total. The Morgan fingerprint density at radius 1 is 1.44 bits per heavy atom. The largest absolute Gasteiger partial charge is 0.362 e. The topological polar surface area (TPSA) is 50.7 Å². The molecule has 0 aliphatic rings. The summed E-state index contributed by atoms with van der Waals surface area (Å²) in [7, 11) is 2.89. The van der Waals surface area contributed by atoms with E-state index in [0.717, 1.165) is 25.1 Å². The first-order valence-corrected chi connectivity index (χ1v) is 10.9. The molecule has 0 saturated carbocycles. The first-order chi connectivity index (χ1) is 8.54. The standard InChI is InChI=1S/C11H25N2O2PS2/c1-5-7-8-17-18-16(14,15-6-2)13-10-12-9-11(3)4/h10-11H,5-9H2,1-4H3,(H,12,13,14). The summed E-state index contributed by atoms with van der Waals surface area (Å²) < 4.78 is 17.7. The highest BCUT2D eigenvalue weighted by atomic mass is 33.3. The van der Waals surface area contributed by atoms with Gasteiger partial charge in [-0.05, 0) is 19.3 Å². The van der Waals surface area contributed by atoms with E-state index in [9.17, 15) is 4.57 Å². The molecule has 18 heavy (non-hydrogen) atoms. The molecule has 0 aromatic heterocycles. The maximum Gasteiger partial charge on any atom is 0.362 e. The van der Waals surface area contributed by atoms with Crippen LogP contribution in [0.3, 0.4) is 0 Å². The van der Waals surface area contributed by atoms with Crippen molar-refractivity contribution in [3.63, 3.8) is 0 Å². The van der Waals surface area contributed by atoms with Crippen LogP contribution >= 0.6 is 27.9 Å². The fraction of sp³-hybridized carbons (Fsp3) is 0.909. The molecule has 0 amide bonds. The molecule has 0 saturated heterocycles. The lowest BCUT2D eigenvalue weighted by Gasteiger charge is -2.15. The Labute approximate surface area is 119 Å². The first kappa shape index (κ1) is 18.4. The Bertz CT molecular complexity index is 276. The van der Waals surface area contributed by atoms with Gasteiger partial charge < -0.3 is 4.52 Å². The molecule has 1 atom stereocenters. The van der Waals surface area contributed by atoms with Gasteiger partial charge in [0, 0.05) is 22.7 Å². The lowest BCUT2D eigenvalue weighted by atomic mass is 10.2. The van der Waals surface area contributed by atoms with Gasteiger partial charge >= 0.3 is 6.72 Å². The zero-order chi connectivity index (χ0) is 13.9. The van der Waals surface area contributed by atoms with Gasteiger partial charge in [0.05, 0.1) is 12.9 Å². The Balaban J connectivity index is 4.08. The summed E-state index contributed by atoms with van der Waals surface area (Å²) in [5, 5.41) is 2.81. The van der Waals surface area contributed by atoms with Crippen molar-refractivity contribution in [3.8, 4) is 0 Å². The van der Waals surface area contributed by atoms with Crippen LogP contribution < -0.4 is 5.09 Å². The third kappa shape index (κ3) is 10.3. The summed E-state index contributed by atoms with van der Waals surface area (Å²) in [5.41, 5.74) is 0. The van der Waals surface area contributed by atoms with E-state index in [1.807, 2.05) is 6.92 Å². The van der Waals surface area contributed by atoms with Crippen LogP contribution in [0.1, 0.15) is 40.5 Å². The average molecular weight is 312 g/mol. The van der Waals surface area contributed by atoms with E-state index in [1.54, 1.807) is 10.8 Å². The van der Waals surface area contributed by atoms with E-state index >= 15 is 0 Å². The van der Waals surface area contributed by atoms with Crippen molar-refractivity contribution >= 4 is 34.3 Å². The van der Waals surface area contributed by atoms with Gasteiger partial charge in [0.25, 0.3) is 0 Å². The van der Waals surface area contributed by atoms with Crippen LogP contribution in [0.4, 0.5) is 0 Å². The minimum absolute atomic E-state index is 0.434. The molecular formula is C11H25N2O2PS2. The monoisotopic (exact) mass is 312 g/mol. The van der Waals surface area contributed by atoms with E-state index in [-0.39, 0.29) is 0 Å². The van der Waals surface area contributed by atoms with E-state index < -0.39 is 6.72 Å². The summed E-state index contributed by atoms with van der Waals surface area (Å²) in [6.45, 7) is 6.50. The van der Waals surface area contributed by atoms with Crippen LogP contribution in [0, 0.1) is 5.92 Å². The molecule has 0 bridgehead atoms. The van der Waals surface area contributed by atoms with Gasteiger partial charge in [-0.3, -0.25) is 14.6 Å². The normalized spacial score (nSPS) is 15.2. The van der Waals surface area contributed by atoms with Gasteiger partial charge in [0.2, 0.25) is 0 Å². The van der Waals surface area contributed by atoms with Gasteiger partial charge in [0.1, 0.15) is 0 Å². The van der Waals surface area contributed by atoms with E-state index in [1.165, 1.54) is 16.8 Å². The fourth-order valence-corrected chi connectivity index (χ4v) is 6.68. The Morgan fingerprint density at radius 2 is 2.17 bits per heavy atom. The van der Waals surface area contributed by atoms with Crippen molar-refractivity contribution in [3.05, 3.63) is 0 Å². The minimum Gasteiger partial charge on any atom is -0.306 e. The second kappa shape index (κ2) is 11.2. The highest BCUT2D eigenvalue weighted by molar-refractivity contribution is 8.99. The molecule has 0 rings (SSSR count). The summed E-state index contributed by atoms with van der Waals surface area (Å²) in [6, 6.07) is 0. The van der Waals surface area contributed by atoms with Gasteiger partial charge in [-0.2, -0.15) is 0 Å². The first-order valence-electron chi connectivity index (χ1n) is 6.36. The lowest BCUT2D eigenvalue weighted by Crippen LogP contribution is -2.08. The molecule has 7 heteroatoms. The van der Waals surface area contributed by atoms with Gasteiger partial charge in [-0.15, -0.1) is 0 Å². The Morgan fingerprint density at radius 3 is 2.72 bits per heavy atom. The van der Waals surface area contributed by atoms with Gasteiger partial charge in [-0.1, -0.05) is 38.0 Å². The number of hydrogen-bond acceptors (Lipinski definition) is 5. The van der Waals surface area contributed by atoms with Crippen molar-refractivity contribution in [1.29, 1.82) is 0 Å². The molecule has 0 fully saturated rings. The molecule has 0 aliphatic heterocycles. The number of aliphatic imine (C=N–C) groups is 1. The number of rotatable bonds is 11. The van der Waals surface area contributed by atoms with E-state index in [2.05, 4.69) is 30.9 Å². The fourth-order valence-electron chi connectivity index (χ4n) is 0.935. The van der Waals surface area contributed by atoms with Crippen LogP contribution in [-0.2, 0) is 9.09 Å². The molecule has 0 aromatic carbocycles. The molecule has 0 heterocycles. The lowest BCUT2D eigenvalue weighted by molar-refractivity contribution is 0.343. The van der Waals surface area contributed by atoms with E-state index in [0.29, 0.717) is 12.5 Å². The molecule has 4 nitrogen and oxygen atoms in total. The SMILES string of the molecule is CCCCSSP(=O)(NC=NCC(C)C)OCC. The molecule has 0 aromatic rings. The second-order valence-corrected chi connectivity index (χ2v) is 10.4. The molecule has 0 aliphatic carbocycles. The summed E-state index contributed by atoms with van der Waals surface area (Å²) in [6.07, 6.45) is 3.80. The molecular weight excluding hydrogens is 287 g/mol. The summed E-state index contributed by atoms with van der Waals surface area (Å²) >= 11 is 0. The maximum absolute atomic E-state index is 12.3. The molecule has 0 radical (unpaired) electrons. The van der Waals surface area contributed by atoms with Crippen LogP contribution in [0.5, 0.6) is 0 Å². The third-order valence-corrected chi connectivity index (χ3v) is 8.35. The van der Waals surface area contributed by atoms with Crippen molar-refractivity contribution in [2.75, 3.05) is 18.9 Å². The molecule has 1 unspecified atom stereocenters. The quantitative estimate of drug-likeness (QED) is 0.199. The van der Waals surface area contributed by atoms with Crippen molar-refractivity contribution in [2.45, 2.75) is 40.5 Å². The maximum atomic E-state index is 12.3. The summed E-state index contributed by atoms with van der Waals surface area (Å²) in [4.78, 5) is 4.17. The number of nitrogens with one attached hydrogen (secondary N) is 1. The highest BCUT2D eigenvalue weighted by Crippen LogP contribution is 2.61. The summed E-state index contributed by atoms with van der Waals surface area (Å²) in [5.74, 6) is 1.49. The third-order valence-electron chi connectivity index (χ3n) is 1.81. The average Bonchev–Trinajstić information content (AvgIpc) is 2.31. The molecule has 108 valence electrons. The predicted octanol–water partition coefficient (Wildman–Crippen LogP) is 4.59. The number of nitrogens with zero attached hydrogens (tertiary/aromatic N) is 1. The Hall–Kier alpha value is 0.360. The smallest absolute Gasteiger partial charge is 0.306 e. The molecule has 0 spiro atoms. The zero-order valence-corrected chi connectivity index (χ0v) is 14.2. The minimum atomic E-state index is -2.84. The van der Waals surface area contributed by atoms with Gasteiger partial charge in [-0.25, -0.2) is 0 Å². The number of unbranched alkanes of at least 4 members (excludes halogenated alkanes) is 1. The van der Waals surface area contributed by atoms with Crippen molar-refractivity contribution in [1.82, 2.24) is 5.09 Å². The van der Waals surface area contributed by atoms with Crippen LogP contribution in [0.15, 0.2) is 4.99 Å². The number of hydrogen-bond donors (Lipinski definition) is 1.